The largest absolute Gasteiger partial charge is 0.313 e. The number of nitrogens with one attached hydrogen (secondary N) is 1. The van der Waals surface area contributed by atoms with Crippen molar-refractivity contribution in [2.45, 2.75) is 60.4 Å². The van der Waals surface area contributed by atoms with Gasteiger partial charge in [0.15, 0.2) is 0 Å². The fraction of sp³-hybridized carbons (Fsp3) is 1.00. The summed E-state index contributed by atoms with van der Waals surface area (Å²) in [6, 6.07) is 0.704. The molecular weight excluding hydrogens is 220 g/mol. The van der Waals surface area contributed by atoms with Gasteiger partial charge in [-0.05, 0) is 36.6 Å². The Bertz CT molecular complexity index is 230. The molecule has 0 aliphatic carbocycles. The molecule has 0 radical (unpaired) electrons. The molecule has 0 bridgehead atoms. The van der Waals surface area contributed by atoms with Crippen LogP contribution in [0.2, 0.25) is 0 Å². The quantitative estimate of drug-likeness (QED) is 0.809. The molecule has 108 valence electrons. The van der Waals surface area contributed by atoms with Gasteiger partial charge in [0.05, 0.1) is 0 Å². The predicted octanol–water partition coefficient (Wildman–Crippen LogP) is 3.38. The van der Waals surface area contributed by atoms with Crippen LogP contribution >= 0.6 is 0 Å². The van der Waals surface area contributed by atoms with Crippen LogP contribution in [0, 0.1) is 17.3 Å². The lowest BCUT2D eigenvalue weighted by Gasteiger charge is -2.41. The molecule has 2 atom stereocenters. The lowest BCUT2D eigenvalue weighted by atomic mass is 9.80. The lowest BCUT2D eigenvalue weighted by molar-refractivity contribution is 0.105. The zero-order valence-electron chi connectivity index (χ0n) is 13.4. The van der Waals surface area contributed by atoms with Gasteiger partial charge in [-0.3, -0.25) is 0 Å². The molecule has 2 nitrogen and oxygen atoms in total. The maximum absolute atomic E-state index is 3.66. The van der Waals surface area contributed by atoms with E-state index in [4.69, 9.17) is 0 Å². The minimum absolute atomic E-state index is 0.461. The average molecular weight is 254 g/mol. The van der Waals surface area contributed by atoms with E-state index in [1.54, 1.807) is 0 Å². The molecule has 1 aliphatic heterocycles. The molecule has 2 unspecified atom stereocenters. The van der Waals surface area contributed by atoms with Crippen molar-refractivity contribution < 1.29 is 0 Å². The molecule has 0 aromatic heterocycles. The molecule has 1 saturated heterocycles. The Morgan fingerprint density at radius 3 is 2.39 bits per heavy atom. The third-order valence-electron chi connectivity index (χ3n) is 3.63. The third-order valence-corrected chi connectivity index (χ3v) is 3.63. The second kappa shape index (κ2) is 6.91. The van der Waals surface area contributed by atoms with Crippen LogP contribution in [0.5, 0.6) is 0 Å². The van der Waals surface area contributed by atoms with Crippen LogP contribution < -0.4 is 5.32 Å². The fourth-order valence-corrected chi connectivity index (χ4v) is 3.42. The highest BCUT2D eigenvalue weighted by molar-refractivity contribution is 4.85. The highest BCUT2D eigenvalue weighted by Crippen LogP contribution is 2.30. The Morgan fingerprint density at radius 2 is 1.89 bits per heavy atom. The summed E-state index contributed by atoms with van der Waals surface area (Å²) in [7, 11) is 0. The van der Waals surface area contributed by atoms with Crippen molar-refractivity contribution in [1.82, 2.24) is 10.2 Å². The molecule has 1 fully saturated rings. The van der Waals surface area contributed by atoms with Crippen LogP contribution in [-0.2, 0) is 0 Å². The van der Waals surface area contributed by atoms with Crippen molar-refractivity contribution in [3.05, 3.63) is 0 Å². The molecule has 0 aromatic carbocycles. The van der Waals surface area contributed by atoms with Gasteiger partial charge in [0, 0.05) is 25.7 Å². The van der Waals surface area contributed by atoms with Crippen LogP contribution in [0.4, 0.5) is 0 Å². The lowest BCUT2D eigenvalue weighted by Crippen LogP contribution is -2.50. The fourth-order valence-electron chi connectivity index (χ4n) is 3.42. The summed E-state index contributed by atoms with van der Waals surface area (Å²) in [6.07, 6.45) is 2.71. The molecular formula is C16H34N2. The van der Waals surface area contributed by atoms with E-state index < -0.39 is 0 Å². The highest BCUT2D eigenvalue weighted by atomic mass is 15.2. The van der Waals surface area contributed by atoms with Crippen LogP contribution in [0.15, 0.2) is 0 Å². The van der Waals surface area contributed by atoms with Crippen molar-refractivity contribution in [2.75, 3.05) is 26.2 Å². The Labute approximate surface area is 115 Å². The van der Waals surface area contributed by atoms with Crippen molar-refractivity contribution in [3.63, 3.8) is 0 Å². The summed E-state index contributed by atoms with van der Waals surface area (Å²) in [5, 5.41) is 3.66. The Morgan fingerprint density at radius 1 is 1.22 bits per heavy atom. The van der Waals surface area contributed by atoms with Crippen LogP contribution in [-0.4, -0.2) is 37.1 Å². The van der Waals surface area contributed by atoms with Gasteiger partial charge in [-0.2, -0.15) is 0 Å². The number of hydrogen-bond donors (Lipinski definition) is 1. The summed E-state index contributed by atoms with van der Waals surface area (Å²) in [5.74, 6) is 1.64. The molecule has 0 amide bonds. The summed E-state index contributed by atoms with van der Waals surface area (Å²) in [4.78, 5) is 2.68. The molecule has 0 spiro atoms. The van der Waals surface area contributed by atoms with Gasteiger partial charge in [0.2, 0.25) is 0 Å². The zero-order chi connectivity index (χ0) is 13.8. The van der Waals surface area contributed by atoms with E-state index in [2.05, 4.69) is 51.8 Å². The van der Waals surface area contributed by atoms with E-state index in [-0.39, 0.29) is 0 Å². The molecule has 2 heteroatoms. The summed E-state index contributed by atoms with van der Waals surface area (Å²) in [5.41, 5.74) is 0.461. The van der Waals surface area contributed by atoms with E-state index in [9.17, 15) is 0 Å². The normalized spacial score (nSPS) is 26.8. The molecule has 1 aliphatic rings. The molecule has 1 rings (SSSR count). The van der Waals surface area contributed by atoms with Crippen molar-refractivity contribution >= 4 is 0 Å². The molecule has 0 saturated carbocycles. The van der Waals surface area contributed by atoms with Crippen molar-refractivity contribution in [3.8, 4) is 0 Å². The van der Waals surface area contributed by atoms with Crippen LogP contribution in [0.25, 0.3) is 0 Å². The van der Waals surface area contributed by atoms with Gasteiger partial charge >= 0.3 is 0 Å². The molecule has 0 aromatic rings. The smallest absolute Gasteiger partial charge is 0.0198 e. The van der Waals surface area contributed by atoms with E-state index in [1.165, 1.54) is 32.5 Å². The summed E-state index contributed by atoms with van der Waals surface area (Å²) in [6.45, 7) is 18.9. The number of rotatable bonds is 5. The number of likely N-dealkylation sites (tertiary alicyclic amines) is 1. The summed E-state index contributed by atoms with van der Waals surface area (Å²) < 4.78 is 0. The van der Waals surface area contributed by atoms with E-state index in [0.29, 0.717) is 11.5 Å². The Balaban J connectivity index is 2.56. The van der Waals surface area contributed by atoms with Gasteiger partial charge in [-0.25, -0.2) is 0 Å². The third kappa shape index (κ3) is 6.19. The Hall–Kier alpha value is -0.0800. The monoisotopic (exact) mass is 254 g/mol. The first-order chi connectivity index (χ1) is 8.30. The predicted molar refractivity (Wildman–Crippen MR) is 80.9 cm³/mol. The maximum Gasteiger partial charge on any atom is 0.0198 e. The average Bonchev–Trinajstić information content (AvgIpc) is 2.12. The van der Waals surface area contributed by atoms with Gasteiger partial charge in [-0.1, -0.05) is 41.5 Å². The number of hydrogen-bond acceptors (Lipinski definition) is 2. The zero-order valence-corrected chi connectivity index (χ0v) is 13.4. The SMILES string of the molecule is CCNC1CC(CC(C)(C)C)CN(CC(C)C)C1. The maximum atomic E-state index is 3.66. The standard InChI is InChI=1S/C16H34N2/c1-7-17-15-8-14(9-16(4,5)6)11-18(12-15)10-13(2)3/h13-15,17H,7-12H2,1-6H3. The van der Waals surface area contributed by atoms with Gasteiger partial charge < -0.3 is 10.2 Å². The minimum atomic E-state index is 0.461. The van der Waals surface area contributed by atoms with E-state index >= 15 is 0 Å². The minimum Gasteiger partial charge on any atom is -0.313 e. The van der Waals surface area contributed by atoms with E-state index in [1.807, 2.05) is 0 Å². The first-order valence-corrected chi connectivity index (χ1v) is 7.76. The number of piperidine rings is 1. The topological polar surface area (TPSA) is 15.3 Å². The van der Waals surface area contributed by atoms with Gasteiger partial charge in [0.1, 0.15) is 0 Å². The first-order valence-electron chi connectivity index (χ1n) is 7.76. The van der Waals surface area contributed by atoms with E-state index in [0.717, 1.165) is 18.4 Å². The molecule has 18 heavy (non-hydrogen) atoms. The molecule has 1 N–H and O–H groups in total. The second-order valence-electron chi connectivity index (χ2n) is 7.73. The highest BCUT2D eigenvalue weighted by Gasteiger charge is 2.29. The Kier molecular flexibility index (Phi) is 6.13. The van der Waals surface area contributed by atoms with Crippen molar-refractivity contribution in [2.24, 2.45) is 17.3 Å². The second-order valence-corrected chi connectivity index (χ2v) is 7.73. The van der Waals surface area contributed by atoms with Crippen molar-refractivity contribution in [1.29, 1.82) is 0 Å². The van der Waals surface area contributed by atoms with Crippen LogP contribution in [0.1, 0.15) is 54.4 Å². The molecule has 1 heterocycles. The first kappa shape index (κ1) is 16.0. The number of nitrogens with zero attached hydrogens (tertiary/aromatic N) is 1. The summed E-state index contributed by atoms with van der Waals surface area (Å²) >= 11 is 0. The van der Waals surface area contributed by atoms with Gasteiger partial charge in [0.25, 0.3) is 0 Å². The van der Waals surface area contributed by atoms with Crippen LogP contribution in [0.3, 0.4) is 0 Å². The van der Waals surface area contributed by atoms with Gasteiger partial charge in [-0.15, -0.1) is 0 Å². The number of likely N-dealkylation sites (N-methyl/N-ethyl adjacent to an activating group) is 1.